The predicted octanol–water partition coefficient (Wildman–Crippen LogP) is 1.64. The standard InChI is InChI=1S/C12H11N3O3/c1-8-2-3-10(11(6-8)15(17)18)14-5-4-9(13)7-12(14)16/h2-7H,13H2,1H3. The third-order valence-electron chi connectivity index (χ3n) is 2.53. The summed E-state index contributed by atoms with van der Waals surface area (Å²) >= 11 is 0. The van der Waals surface area contributed by atoms with Gasteiger partial charge < -0.3 is 5.73 Å². The van der Waals surface area contributed by atoms with Crippen LogP contribution in [-0.2, 0) is 0 Å². The molecule has 0 aliphatic heterocycles. The molecule has 92 valence electrons. The normalized spacial score (nSPS) is 10.3. The Morgan fingerprint density at radius 1 is 1.28 bits per heavy atom. The monoisotopic (exact) mass is 245 g/mol. The van der Waals surface area contributed by atoms with Crippen LogP contribution in [0.3, 0.4) is 0 Å². The minimum atomic E-state index is -0.509. The second-order valence-electron chi connectivity index (χ2n) is 3.92. The van der Waals surface area contributed by atoms with Crippen molar-refractivity contribution < 1.29 is 4.92 Å². The quantitative estimate of drug-likeness (QED) is 0.643. The third-order valence-corrected chi connectivity index (χ3v) is 2.53. The van der Waals surface area contributed by atoms with E-state index in [1.54, 1.807) is 19.1 Å². The number of pyridine rings is 1. The predicted molar refractivity (Wildman–Crippen MR) is 67.8 cm³/mol. The average molecular weight is 245 g/mol. The van der Waals surface area contributed by atoms with Gasteiger partial charge in [-0.2, -0.15) is 0 Å². The maximum Gasteiger partial charge on any atom is 0.293 e. The van der Waals surface area contributed by atoms with Gasteiger partial charge in [-0.05, 0) is 24.6 Å². The van der Waals surface area contributed by atoms with Gasteiger partial charge in [0.1, 0.15) is 5.69 Å². The number of nitro benzene ring substituents is 1. The van der Waals surface area contributed by atoms with E-state index in [1.807, 2.05) is 0 Å². The lowest BCUT2D eigenvalue weighted by molar-refractivity contribution is -0.384. The van der Waals surface area contributed by atoms with Gasteiger partial charge in [-0.25, -0.2) is 0 Å². The molecule has 6 nitrogen and oxygen atoms in total. The summed E-state index contributed by atoms with van der Waals surface area (Å²) in [6.07, 6.45) is 1.43. The molecule has 1 aromatic heterocycles. The molecule has 0 atom stereocenters. The van der Waals surface area contributed by atoms with Crippen molar-refractivity contribution in [3.8, 4) is 5.69 Å². The first-order valence-corrected chi connectivity index (χ1v) is 5.22. The van der Waals surface area contributed by atoms with Crippen LogP contribution in [0.2, 0.25) is 0 Å². The molecule has 2 aromatic rings. The first-order valence-electron chi connectivity index (χ1n) is 5.22. The average Bonchev–Trinajstić information content (AvgIpc) is 2.29. The third kappa shape index (κ3) is 2.08. The Bertz CT molecular complexity index is 677. The second kappa shape index (κ2) is 4.33. The summed E-state index contributed by atoms with van der Waals surface area (Å²) in [5, 5.41) is 11.0. The first kappa shape index (κ1) is 11.8. The number of nitrogens with zero attached hydrogens (tertiary/aromatic N) is 2. The molecule has 0 amide bonds. The second-order valence-corrected chi connectivity index (χ2v) is 3.92. The summed E-state index contributed by atoms with van der Waals surface area (Å²) in [6, 6.07) is 7.43. The number of anilines is 1. The van der Waals surface area contributed by atoms with Gasteiger partial charge in [0.15, 0.2) is 0 Å². The fraction of sp³-hybridized carbons (Fsp3) is 0.0833. The van der Waals surface area contributed by atoms with Gasteiger partial charge in [0.05, 0.1) is 4.92 Å². The summed E-state index contributed by atoms with van der Waals surface area (Å²) < 4.78 is 1.20. The number of aryl methyl sites for hydroxylation is 1. The van der Waals surface area contributed by atoms with Crippen LogP contribution in [0.25, 0.3) is 5.69 Å². The molecule has 0 aliphatic carbocycles. The highest BCUT2D eigenvalue weighted by atomic mass is 16.6. The van der Waals surface area contributed by atoms with Gasteiger partial charge in [-0.15, -0.1) is 0 Å². The van der Waals surface area contributed by atoms with Crippen molar-refractivity contribution in [2.24, 2.45) is 0 Å². The molecule has 0 bridgehead atoms. The SMILES string of the molecule is Cc1ccc(-n2ccc(N)cc2=O)c([N+](=O)[O-])c1. The molecule has 18 heavy (non-hydrogen) atoms. The molecule has 1 heterocycles. The number of nitro groups is 1. The zero-order valence-electron chi connectivity index (χ0n) is 9.66. The van der Waals surface area contributed by atoms with E-state index in [9.17, 15) is 14.9 Å². The van der Waals surface area contributed by atoms with Gasteiger partial charge in [0, 0.05) is 24.0 Å². The van der Waals surface area contributed by atoms with Gasteiger partial charge in [-0.1, -0.05) is 6.07 Å². The molecule has 1 aromatic carbocycles. The van der Waals surface area contributed by atoms with E-state index in [0.717, 1.165) is 5.56 Å². The Labute approximate surface area is 102 Å². The lowest BCUT2D eigenvalue weighted by Crippen LogP contribution is -2.18. The molecular formula is C12H11N3O3. The molecule has 0 saturated carbocycles. The molecule has 2 rings (SSSR count). The zero-order valence-corrected chi connectivity index (χ0v) is 9.66. The number of rotatable bonds is 2. The highest BCUT2D eigenvalue weighted by Gasteiger charge is 2.16. The van der Waals surface area contributed by atoms with Gasteiger partial charge in [-0.3, -0.25) is 19.5 Å². The maximum absolute atomic E-state index is 11.8. The number of nitrogen functional groups attached to an aromatic ring is 1. The van der Waals surface area contributed by atoms with E-state index in [1.165, 1.54) is 29.0 Å². The fourth-order valence-corrected chi connectivity index (χ4v) is 1.68. The van der Waals surface area contributed by atoms with E-state index in [0.29, 0.717) is 5.69 Å². The Balaban J connectivity index is 2.71. The number of aromatic nitrogens is 1. The van der Waals surface area contributed by atoms with Gasteiger partial charge >= 0.3 is 0 Å². The summed E-state index contributed by atoms with van der Waals surface area (Å²) in [6.45, 7) is 1.75. The van der Waals surface area contributed by atoms with Crippen LogP contribution in [0.1, 0.15) is 5.56 Å². The first-order chi connectivity index (χ1) is 8.49. The lowest BCUT2D eigenvalue weighted by atomic mass is 10.2. The van der Waals surface area contributed by atoms with Crippen LogP contribution in [0.15, 0.2) is 41.3 Å². The van der Waals surface area contributed by atoms with Crippen molar-refractivity contribution in [1.82, 2.24) is 4.57 Å². The van der Waals surface area contributed by atoms with E-state index >= 15 is 0 Å². The summed E-state index contributed by atoms with van der Waals surface area (Å²) in [5.74, 6) is 0. The molecule has 0 radical (unpaired) electrons. The topological polar surface area (TPSA) is 91.2 Å². The molecule has 0 unspecified atom stereocenters. The van der Waals surface area contributed by atoms with Crippen LogP contribution in [0.4, 0.5) is 11.4 Å². The Morgan fingerprint density at radius 2 is 2.00 bits per heavy atom. The largest absolute Gasteiger partial charge is 0.399 e. The van der Waals surface area contributed by atoms with Gasteiger partial charge in [0.2, 0.25) is 0 Å². The van der Waals surface area contributed by atoms with Gasteiger partial charge in [0.25, 0.3) is 11.2 Å². The van der Waals surface area contributed by atoms with Crippen LogP contribution in [0, 0.1) is 17.0 Å². The van der Waals surface area contributed by atoms with Crippen LogP contribution < -0.4 is 11.3 Å². The smallest absolute Gasteiger partial charge is 0.293 e. The number of hydrogen-bond donors (Lipinski definition) is 1. The summed E-state index contributed by atoms with van der Waals surface area (Å²) in [7, 11) is 0. The van der Waals surface area contributed by atoms with E-state index in [4.69, 9.17) is 5.73 Å². The van der Waals surface area contributed by atoms with Crippen LogP contribution in [-0.4, -0.2) is 9.49 Å². The maximum atomic E-state index is 11.8. The fourth-order valence-electron chi connectivity index (χ4n) is 1.68. The molecule has 2 N–H and O–H groups in total. The molecule has 0 saturated heterocycles. The Morgan fingerprint density at radius 3 is 2.61 bits per heavy atom. The van der Waals surface area contributed by atoms with Crippen molar-refractivity contribution in [2.75, 3.05) is 5.73 Å². The highest BCUT2D eigenvalue weighted by molar-refractivity contribution is 5.54. The molecular weight excluding hydrogens is 234 g/mol. The molecule has 0 spiro atoms. The number of nitrogens with two attached hydrogens (primary N) is 1. The van der Waals surface area contributed by atoms with Crippen molar-refractivity contribution >= 4 is 11.4 Å². The number of hydrogen-bond acceptors (Lipinski definition) is 4. The minimum absolute atomic E-state index is 0.109. The summed E-state index contributed by atoms with van der Waals surface area (Å²) in [4.78, 5) is 22.2. The molecule has 0 aliphatic rings. The Hall–Kier alpha value is -2.63. The minimum Gasteiger partial charge on any atom is -0.399 e. The van der Waals surface area contributed by atoms with Crippen LogP contribution in [0.5, 0.6) is 0 Å². The zero-order chi connectivity index (χ0) is 13.3. The summed E-state index contributed by atoms with van der Waals surface area (Å²) in [5.41, 5.74) is 6.29. The highest BCUT2D eigenvalue weighted by Crippen LogP contribution is 2.22. The van der Waals surface area contributed by atoms with Crippen molar-refractivity contribution in [3.05, 3.63) is 62.6 Å². The van der Waals surface area contributed by atoms with Crippen molar-refractivity contribution in [3.63, 3.8) is 0 Å². The molecule has 0 fully saturated rings. The molecule has 6 heteroatoms. The number of benzene rings is 1. The van der Waals surface area contributed by atoms with E-state index < -0.39 is 10.5 Å². The lowest BCUT2D eigenvalue weighted by Gasteiger charge is -2.07. The Kier molecular flexibility index (Phi) is 2.85. The van der Waals surface area contributed by atoms with Crippen molar-refractivity contribution in [1.29, 1.82) is 0 Å². The van der Waals surface area contributed by atoms with Crippen LogP contribution >= 0.6 is 0 Å². The van der Waals surface area contributed by atoms with Crippen molar-refractivity contribution in [2.45, 2.75) is 6.92 Å². The van der Waals surface area contributed by atoms with E-state index in [-0.39, 0.29) is 11.4 Å². The van der Waals surface area contributed by atoms with E-state index in [2.05, 4.69) is 0 Å².